The molecule has 0 aromatic heterocycles. The van der Waals surface area contributed by atoms with E-state index in [0.717, 1.165) is 27.9 Å². The normalized spacial score (nSPS) is 14.2. The zero-order valence-corrected chi connectivity index (χ0v) is 14.9. The molecule has 0 radical (unpaired) electrons. The number of rotatable bonds is 4. The van der Waals surface area contributed by atoms with Crippen molar-refractivity contribution in [3.63, 3.8) is 0 Å². The summed E-state index contributed by atoms with van der Waals surface area (Å²) in [7, 11) is 0. The quantitative estimate of drug-likeness (QED) is 0.645. The standard InChI is InChI=1S/C23H23NO/c1-17-11-10-12-18(2)21(17)24-22(19-13-6-4-7-14-19)23(3,25)20-15-8-5-9-16-20/h4-16,25H,1-3H3/t23-/m0/s1. The molecule has 0 aliphatic heterocycles. The van der Waals surface area contributed by atoms with Gasteiger partial charge in [-0.25, -0.2) is 4.99 Å². The Bertz CT molecular complexity index is 860. The molecule has 0 aliphatic carbocycles. The molecule has 0 heterocycles. The van der Waals surface area contributed by atoms with Crippen LogP contribution in [0.25, 0.3) is 0 Å². The summed E-state index contributed by atoms with van der Waals surface area (Å²) < 4.78 is 0. The Morgan fingerprint density at radius 3 is 1.84 bits per heavy atom. The smallest absolute Gasteiger partial charge is 0.129 e. The second kappa shape index (κ2) is 7.04. The van der Waals surface area contributed by atoms with Gasteiger partial charge in [-0.1, -0.05) is 78.9 Å². The first-order valence-corrected chi connectivity index (χ1v) is 8.49. The molecule has 0 saturated carbocycles. The number of aliphatic imine (C=N–C) groups is 1. The summed E-state index contributed by atoms with van der Waals surface area (Å²) in [5.74, 6) is 0. The fourth-order valence-electron chi connectivity index (χ4n) is 3.04. The Hall–Kier alpha value is -2.71. The predicted molar refractivity (Wildman–Crippen MR) is 105 cm³/mol. The Balaban J connectivity index is 2.23. The van der Waals surface area contributed by atoms with Gasteiger partial charge in [0.25, 0.3) is 0 Å². The van der Waals surface area contributed by atoms with Gasteiger partial charge < -0.3 is 5.11 Å². The van der Waals surface area contributed by atoms with Crippen LogP contribution < -0.4 is 0 Å². The van der Waals surface area contributed by atoms with Gasteiger partial charge in [0.1, 0.15) is 5.60 Å². The van der Waals surface area contributed by atoms with Crippen molar-refractivity contribution in [3.8, 4) is 0 Å². The van der Waals surface area contributed by atoms with Gasteiger partial charge in [-0.15, -0.1) is 0 Å². The van der Waals surface area contributed by atoms with E-state index in [0.29, 0.717) is 5.71 Å². The largest absolute Gasteiger partial charge is 0.379 e. The van der Waals surface area contributed by atoms with Crippen molar-refractivity contribution in [2.45, 2.75) is 26.4 Å². The van der Waals surface area contributed by atoms with E-state index in [1.165, 1.54) is 0 Å². The average molecular weight is 329 g/mol. The molecule has 3 aromatic carbocycles. The summed E-state index contributed by atoms with van der Waals surface area (Å²) in [5, 5.41) is 11.4. The number of hydrogen-bond acceptors (Lipinski definition) is 2. The number of aliphatic hydroxyl groups is 1. The van der Waals surface area contributed by atoms with Crippen LogP contribution in [-0.2, 0) is 5.60 Å². The summed E-state index contributed by atoms with van der Waals surface area (Å²) in [6.07, 6.45) is 0. The third-order valence-electron chi connectivity index (χ3n) is 4.51. The number of para-hydroxylation sites is 1. The van der Waals surface area contributed by atoms with E-state index in [4.69, 9.17) is 4.99 Å². The zero-order chi connectivity index (χ0) is 17.9. The van der Waals surface area contributed by atoms with E-state index in [9.17, 15) is 5.11 Å². The van der Waals surface area contributed by atoms with E-state index in [1.807, 2.05) is 99.6 Å². The van der Waals surface area contributed by atoms with Gasteiger partial charge in [0.05, 0.1) is 11.4 Å². The highest BCUT2D eigenvalue weighted by Gasteiger charge is 2.31. The Kier molecular flexibility index (Phi) is 4.82. The first-order chi connectivity index (χ1) is 12.0. The Morgan fingerprint density at radius 2 is 1.28 bits per heavy atom. The van der Waals surface area contributed by atoms with E-state index in [-0.39, 0.29) is 0 Å². The van der Waals surface area contributed by atoms with Crippen molar-refractivity contribution in [1.82, 2.24) is 0 Å². The van der Waals surface area contributed by atoms with Crippen LogP contribution in [0.3, 0.4) is 0 Å². The van der Waals surface area contributed by atoms with Crippen LogP contribution in [0.5, 0.6) is 0 Å². The van der Waals surface area contributed by atoms with Gasteiger partial charge in [-0.2, -0.15) is 0 Å². The van der Waals surface area contributed by atoms with Crippen LogP contribution in [0.1, 0.15) is 29.2 Å². The lowest BCUT2D eigenvalue weighted by Crippen LogP contribution is -2.33. The number of nitrogens with zero attached hydrogens (tertiary/aromatic N) is 1. The molecule has 3 rings (SSSR count). The van der Waals surface area contributed by atoms with Gasteiger partial charge in [-0.3, -0.25) is 0 Å². The van der Waals surface area contributed by atoms with Crippen molar-refractivity contribution in [2.24, 2.45) is 4.99 Å². The second-order valence-electron chi connectivity index (χ2n) is 6.51. The number of benzene rings is 3. The van der Waals surface area contributed by atoms with Gasteiger partial charge in [-0.05, 0) is 43.0 Å². The van der Waals surface area contributed by atoms with Crippen LogP contribution >= 0.6 is 0 Å². The maximum atomic E-state index is 11.4. The third-order valence-corrected chi connectivity index (χ3v) is 4.51. The van der Waals surface area contributed by atoms with Crippen molar-refractivity contribution < 1.29 is 5.11 Å². The molecule has 3 aromatic rings. The molecular formula is C23H23NO. The maximum absolute atomic E-state index is 11.4. The minimum Gasteiger partial charge on any atom is -0.379 e. The minimum atomic E-state index is -1.20. The molecule has 0 amide bonds. The average Bonchev–Trinajstić information content (AvgIpc) is 2.63. The van der Waals surface area contributed by atoms with Gasteiger partial charge >= 0.3 is 0 Å². The van der Waals surface area contributed by atoms with E-state index >= 15 is 0 Å². The molecule has 0 saturated heterocycles. The molecule has 25 heavy (non-hydrogen) atoms. The highest BCUT2D eigenvalue weighted by Crippen LogP contribution is 2.31. The predicted octanol–water partition coefficient (Wildman–Crippen LogP) is 5.33. The van der Waals surface area contributed by atoms with Gasteiger partial charge in [0, 0.05) is 0 Å². The minimum absolute atomic E-state index is 0.650. The molecule has 126 valence electrons. The molecule has 2 heteroatoms. The highest BCUT2D eigenvalue weighted by atomic mass is 16.3. The fraction of sp³-hybridized carbons (Fsp3) is 0.174. The molecule has 0 aliphatic rings. The van der Waals surface area contributed by atoms with Crippen LogP contribution in [0.4, 0.5) is 5.69 Å². The van der Waals surface area contributed by atoms with Crippen LogP contribution in [0.2, 0.25) is 0 Å². The third kappa shape index (κ3) is 3.54. The molecule has 0 bridgehead atoms. The summed E-state index contributed by atoms with van der Waals surface area (Å²) in [6, 6.07) is 25.7. The first kappa shape index (κ1) is 17.1. The zero-order valence-electron chi connectivity index (χ0n) is 14.9. The SMILES string of the molecule is Cc1cccc(C)c1N=C(c1ccccc1)[C@@](C)(O)c1ccccc1. The van der Waals surface area contributed by atoms with E-state index in [1.54, 1.807) is 0 Å². The van der Waals surface area contributed by atoms with Crippen LogP contribution in [0.15, 0.2) is 83.9 Å². The molecule has 0 spiro atoms. The molecule has 2 nitrogen and oxygen atoms in total. The van der Waals surface area contributed by atoms with Crippen molar-refractivity contribution in [1.29, 1.82) is 0 Å². The summed E-state index contributed by atoms with van der Waals surface area (Å²) in [4.78, 5) is 4.94. The number of hydrogen-bond donors (Lipinski definition) is 1. The summed E-state index contributed by atoms with van der Waals surface area (Å²) in [6.45, 7) is 5.90. The molecular weight excluding hydrogens is 306 g/mol. The summed E-state index contributed by atoms with van der Waals surface area (Å²) in [5.41, 5.74) is 4.30. The lowest BCUT2D eigenvalue weighted by atomic mass is 9.86. The second-order valence-corrected chi connectivity index (χ2v) is 6.51. The van der Waals surface area contributed by atoms with Crippen LogP contribution in [-0.4, -0.2) is 10.8 Å². The lowest BCUT2D eigenvalue weighted by molar-refractivity contribution is 0.133. The topological polar surface area (TPSA) is 32.6 Å². The molecule has 1 atom stereocenters. The van der Waals surface area contributed by atoms with E-state index < -0.39 is 5.60 Å². The number of aryl methyl sites for hydroxylation is 2. The highest BCUT2D eigenvalue weighted by molar-refractivity contribution is 6.08. The van der Waals surface area contributed by atoms with Crippen molar-refractivity contribution in [2.75, 3.05) is 0 Å². The Labute approximate surface area is 149 Å². The van der Waals surface area contributed by atoms with Crippen molar-refractivity contribution >= 4 is 11.4 Å². The lowest BCUT2D eigenvalue weighted by Gasteiger charge is -2.27. The maximum Gasteiger partial charge on any atom is 0.129 e. The van der Waals surface area contributed by atoms with Gasteiger partial charge in [0.2, 0.25) is 0 Å². The molecule has 1 N–H and O–H groups in total. The fourth-order valence-corrected chi connectivity index (χ4v) is 3.04. The summed E-state index contributed by atoms with van der Waals surface area (Å²) >= 11 is 0. The van der Waals surface area contributed by atoms with E-state index in [2.05, 4.69) is 0 Å². The van der Waals surface area contributed by atoms with Gasteiger partial charge in [0.15, 0.2) is 0 Å². The van der Waals surface area contributed by atoms with Crippen molar-refractivity contribution in [3.05, 3.63) is 101 Å². The monoisotopic (exact) mass is 329 g/mol. The first-order valence-electron chi connectivity index (χ1n) is 8.49. The Morgan fingerprint density at radius 1 is 0.760 bits per heavy atom. The molecule has 0 unspecified atom stereocenters. The molecule has 0 fully saturated rings. The van der Waals surface area contributed by atoms with Crippen LogP contribution in [0, 0.1) is 13.8 Å².